The number of imide groups is 1. The number of amides is 3. The van der Waals surface area contributed by atoms with Crippen molar-refractivity contribution in [3.8, 4) is 5.75 Å². The van der Waals surface area contributed by atoms with Crippen molar-refractivity contribution in [3.05, 3.63) is 36.4 Å². The largest absolute Gasteiger partial charge is 0.497 e. The highest BCUT2D eigenvalue weighted by molar-refractivity contribution is 6.08. The summed E-state index contributed by atoms with van der Waals surface area (Å²) in [6.07, 6.45) is 4.99. The van der Waals surface area contributed by atoms with Crippen LogP contribution in [0.5, 0.6) is 5.75 Å². The van der Waals surface area contributed by atoms with Gasteiger partial charge in [0.25, 0.3) is 0 Å². The van der Waals surface area contributed by atoms with E-state index >= 15 is 0 Å². The van der Waals surface area contributed by atoms with Crippen LogP contribution in [0.25, 0.3) is 0 Å². The van der Waals surface area contributed by atoms with Crippen molar-refractivity contribution in [2.45, 2.75) is 12.8 Å². The number of ether oxygens (including phenoxy) is 1. The Morgan fingerprint density at radius 3 is 2.48 bits per heavy atom. The minimum Gasteiger partial charge on any atom is -0.497 e. The summed E-state index contributed by atoms with van der Waals surface area (Å²) in [6.45, 7) is -0.248. The molecule has 1 fully saturated rings. The molecule has 3 rings (SSSR count). The Labute approximate surface area is 134 Å². The van der Waals surface area contributed by atoms with Crippen LogP contribution in [0.2, 0.25) is 0 Å². The summed E-state index contributed by atoms with van der Waals surface area (Å²) in [6, 6.07) is 6.91. The minimum atomic E-state index is -0.397. The molecule has 2 atom stereocenters. The van der Waals surface area contributed by atoms with Gasteiger partial charge >= 0.3 is 0 Å². The minimum absolute atomic E-state index is 0.245. The van der Waals surface area contributed by atoms with E-state index in [1.807, 2.05) is 12.2 Å². The van der Waals surface area contributed by atoms with E-state index in [1.165, 1.54) is 7.11 Å². The Morgan fingerprint density at radius 2 is 1.87 bits per heavy atom. The van der Waals surface area contributed by atoms with Gasteiger partial charge in [0.1, 0.15) is 12.3 Å². The molecule has 0 spiro atoms. The fourth-order valence-corrected chi connectivity index (χ4v) is 3.07. The maximum atomic E-state index is 12.3. The quantitative estimate of drug-likeness (QED) is 0.676. The maximum absolute atomic E-state index is 12.3. The lowest BCUT2D eigenvalue weighted by atomic mass is 9.85. The van der Waals surface area contributed by atoms with Gasteiger partial charge in [-0.1, -0.05) is 18.2 Å². The molecule has 1 heterocycles. The zero-order valence-corrected chi connectivity index (χ0v) is 12.8. The van der Waals surface area contributed by atoms with Gasteiger partial charge in [0, 0.05) is 11.8 Å². The molecule has 1 N–H and O–H groups in total. The molecule has 1 aliphatic carbocycles. The number of hydrogen-bond donors (Lipinski definition) is 1. The Balaban J connectivity index is 1.66. The zero-order chi connectivity index (χ0) is 16.4. The highest BCUT2D eigenvalue weighted by atomic mass is 16.5. The third-order valence-electron chi connectivity index (χ3n) is 4.25. The first-order valence-corrected chi connectivity index (χ1v) is 7.54. The summed E-state index contributed by atoms with van der Waals surface area (Å²) in [5.74, 6) is -0.885. The number of nitrogens with one attached hydrogen (secondary N) is 1. The van der Waals surface area contributed by atoms with Crippen LogP contribution >= 0.6 is 0 Å². The second kappa shape index (κ2) is 6.24. The van der Waals surface area contributed by atoms with Crippen LogP contribution in [0.3, 0.4) is 0 Å². The van der Waals surface area contributed by atoms with Gasteiger partial charge in [-0.05, 0) is 25.0 Å². The molecular formula is C17H18N2O4. The van der Waals surface area contributed by atoms with E-state index in [1.54, 1.807) is 24.3 Å². The number of anilines is 1. The van der Waals surface area contributed by atoms with Crippen LogP contribution in [0, 0.1) is 11.8 Å². The summed E-state index contributed by atoms with van der Waals surface area (Å²) < 4.78 is 5.09. The predicted molar refractivity (Wildman–Crippen MR) is 83.7 cm³/mol. The first-order chi connectivity index (χ1) is 11.1. The molecule has 1 aromatic carbocycles. The Kier molecular flexibility index (Phi) is 4.14. The molecule has 6 heteroatoms. The van der Waals surface area contributed by atoms with Crippen molar-refractivity contribution in [2.75, 3.05) is 19.0 Å². The number of carbonyl (C=O) groups is 3. The molecule has 0 saturated carbocycles. The number of methoxy groups -OCH3 is 1. The van der Waals surface area contributed by atoms with E-state index < -0.39 is 5.91 Å². The van der Waals surface area contributed by atoms with Crippen LogP contribution < -0.4 is 10.1 Å². The zero-order valence-electron chi connectivity index (χ0n) is 12.8. The number of rotatable bonds is 4. The van der Waals surface area contributed by atoms with Gasteiger partial charge < -0.3 is 10.1 Å². The highest BCUT2D eigenvalue weighted by Gasteiger charge is 2.47. The molecule has 0 aromatic heterocycles. The van der Waals surface area contributed by atoms with Crippen molar-refractivity contribution < 1.29 is 19.1 Å². The molecule has 6 nitrogen and oxygen atoms in total. The second-order valence-corrected chi connectivity index (χ2v) is 5.70. The molecule has 0 bridgehead atoms. The van der Waals surface area contributed by atoms with Gasteiger partial charge in [-0.3, -0.25) is 19.3 Å². The number of carbonyl (C=O) groups excluding carboxylic acids is 3. The lowest BCUT2D eigenvalue weighted by Gasteiger charge is -2.14. The highest BCUT2D eigenvalue weighted by Crippen LogP contribution is 2.34. The Morgan fingerprint density at radius 1 is 1.22 bits per heavy atom. The van der Waals surface area contributed by atoms with E-state index in [9.17, 15) is 14.4 Å². The van der Waals surface area contributed by atoms with E-state index in [0.717, 1.165) is 4.90 Å². The third kappa shape index (κ3) is 2.97. The van der Waals surface area contributed by atoms with Crippen LogP contribution in [0.4, 0.5) is 5.69 Å². The van der Waals surface area contributed by atoms with E-state index in [0.29, 0.717) is 24.3 Å². The fourth-order valence-electron chi connectivity index (χ4n) is 3.07. The molecule has 1 aliphatic heterocycles. The lowest BCUT2D eigenvalue weighted by Crippen LogP contribution is -2.38. The average molecular weight is 314 g/mol. The predicted octanol–water partition coefficient (Wildman–Crippen LogP) is 1.58. The first-order valence-electron chi connectivity index (χ1n) is 7.54. The molecule has 0 unspecified atom stereocenters. The van der Waals surface area contributed by atoms with Crippen LogP contribution in [-0.4, -0.2) is 36.3 Å². The molecule has 1 saturated heterocycles. The summed E-state index contributed by atoms with van der Waals surface area (Å²) in [7, 11) is 1.54. The van der Waals surface area contributed by atoms with Crippen LogP contribution in [0.1, 0.15) is 12.8 Å². The van der Waals surface area contributed by atoms with Gasteiger partial charge in [-0.2, -0.15) is 0 Å². The van der Waals surface area contributed by atoms with Gasteiger partial charge in [-0.15, -0.1) is 0 Å². The molecule has 120 valence electrons. The summed E-state index contributed by atoms with van der Waals surface area (Å²) in [4.78, 5) is 37.9. The van der Waals surface area contributed by atoms with Gasteiger partial charge in [0.05, 0.1) is 18.9 Å². The van der Waals surface area contributed by atoms with Crippen molar-refractivity contribution >= 4 is 23.4 Å². The fraction of sp³-hybridized carbons (Fsp3) is 0.353. The van der Waals surface area contributed by atoms with E-state index in [4.69, 9.17) is 4.74 Å². The van der Waals surface area contributed by atoms with Gasteiger partial charge in [0.2, 0.25) is 17.7 Å². The van der Waals surface area contributed by atoms with Crippen LogP contribution in [0.15, 0.2) is 36.4 Å². The monoisotopic (exact) mass is 314 g/mol. The lowest BCUT2D eigenvalue weighted by molar-refractivity contribution is -0.142. The summed E-state index contributed by atoms with van der Waals surface area (Å²) in [5, 5.41) is 2.69. The Bertz CT molecular complexity index is 657. The molecule has 1 aromatic rings. The second-order valence-electron chi connectivity index (χ2n) is 5.70. The topological polar surface area (TPSA) is 75.7 Å². The van der Waals surface area contributed by atoms with Crippen molar-refractivity contribution in [1.29, 1.82) is 0 Å². The average Bonchev–Trinajstić information content (AvgIpc) is 2.80. The smallest absolute Gasteiger partial charge is 0.244 e. The number of nitrogens with zero attached hydrogens (tertiary/aromatic N) is 1. The van der Waals surface area contributed by atoms with Crippen LogP contribution in [-0.2, 0) is 14.4 Å². The van der Waals surface area contributed by atoms with Crippen molar-refractivity contribution in [3.63, 3.8) is 0 Å². The summed E-state index contributed by atoms with van der Waals surface area (Å²) >= 11 is 0. The van der Waals surface area contributed by atoms with Gasteiger partial charge in [-0.25, -0.2) is 0 Å². The molecule has 23 heavy (non-hydrogen) atoms. The maximum Gasteiger partial charge on any atom is 0.244 e. The number of benzene rings is 1. The normalized spacial score (nSPS) is 22.9. The molecule has 3 amide bonds. The van der Waals surface area contributed by atoms with E-state index in [-0.39, 0.29) is 30.2 Å². The molecule has 0 radical (unpaired) electrons. The van der Waals surface area contributed by atoms with Crippen molar-refractivity contribution in [1.82, 2.24) is 4.90 Å². The SMILES string of the molecule is COc1cccc(NC(=O)CN2C(=O)[C@H]3CC=CC[C@@H]3C2=O)c1. The molecule has 2 aliphatic rings. The first kappa shape index (κ1) is 15.3. The van der Waals surface area contributed by atoms with E-state index in [2.05, 4.69) is 5.32 Å². The van der Waals surface area contributed by atoms with Gasteiger partial charge in [0.15, 0.2) is 0 Å². The number of hydrogen-bond acceptors (Lipinski definition) is 4. The van der Waals surface area contributed by atoms with Crippen molar-refractivity contribution in [2.24, 2.45) is 11.8 Å². The number of likely N-dealkylation sites (tertiary alicyclic amines) is 1. The number of allylic oxidation sites excluding steroid dienone is 2. The molecular weight excluding hydrogens is 296 g/mol. The summed E-state index contributed by atoms with van der Waals surface area (Å²) in [5.41, 5.74) is 0.563. The Hall–Kier alpha value is -2.63. The number of fused-ring (bicyclic) bond motifs is 1. The third-order valence-corrected chi connectivity index (χ3v) is 4.25. The standard InChI is InChI=1S/C17H18N2O4/c1-23-12-6-4-5-11(9-12)18-15(20)10-19-16(21)13-7-2-3-8-14(13)17(19)22/h2-6,9,13-14H,7-8,10H2,1H3,(H,18,20)/t13-,14-/m0/s1.